The van der Waals surface area contributed by atoms with Gasteiger partial charge in [0.1, 0.15) is 11.5 Å². The molecule has 1 N–H and O–H groups in total. The van der Waals surface area contributed by atoms with Crippen molar-refractivity contribution in [1.29, 1.82) is 0 Å². The average Bonchev–Trinajstić information content (AvgIpc) is 2.56. The number of nitrogens with one attached hydrogen (secondary N) is 1. The second-order valence-corrected chi connectivity index (χ2v) is 5.17. The Morgan fingerprint density at radius 2 is 1.48 bits per heavy atom. The average molecular weight is 311 g/mol. The molecule has 0 saturated carbocycles. The first-order valence-electron chi connectivity index (χ1n) is 7.33. The number of aryl methyl sites for hydroxylation is 2. The Morgan fingerprint density at radius 3 is 2.00 bits per heavy atom. The molecule has 0 fully saturated rings. The van der Waals surface area contributed by atoms with E-state index in [2.05, 4.69) is 5.32 Å². The fraction of sp³-hybridized carbons (Fsp3) is 0.211. The zero-order valence-electron chi connectivity index (χ0n) is 13.8. The van der Waals surface area contributed by atoms with E-state index in [-0.39, 0.29) is 5.91 Å². The van der Waals surface area contributed by atoms with Gasteiger partial charge >= 0.3 is 0 Å². The Hall–Kier alpha value is -2.75. The number of hydrogen-bond acceptors (Lipinski definition) is 3. The summed E-state index contributed by atoms with van der Waals surface area (Å²) in [6, 6.07) is 11.4. The fourth-order valence-corrected chi connectivity index (χ4v) is 2.38. The van der Waals surface area contributed by atoms with Crippen LogP contribution in [0.25, 0.3) is 6.08 Å². The molecule has 0 atom stereocenters. The van der Waals surface area contributed by atoms with Gasteiger partial charge in [0.2, 0.25) is 5.91 Å². The zero-order chi connectivity index (χ0) is 16.8. The first kappa shape index (κ1) is 16.6. The highest BCUT2D eigenvalue weighted by Crippen LogP contribution is 2.29. The molecule has 0 aliphatic heterocycles. The van der Waals surface area contributed by atoms with Crippen LogP contribution >= 0.6 is 0 Å². The summed E-state index contributed by atoms with van der Waals surface area (Å²) in [6.07, 6.45) is 3.17. The Bertz CT molecular complexity index is 693. The van der Waals surface area contributed by atoms with Crippen molar-refractivity contribution < 1.29 is 14.3 Å². The summed E-state index contributed by atoms with van der Waals surface area (Å²) in [4.78, 5) is 12.2. The van der Waals surface area contributed by atoms with Crippen molar-refractivity contribution >= 4 is 17.7 Å². The van der Waals surface area contributed by atoms with Crippen LogP contribution in [0.1, 0.15) is 16.7 Å². The van der Waals surface area contributed by atoms with Crippen molar-refractivity contribution in [2.45, 2.75) is 13.8 Å². The van der Waals surface area contributed by atoms with Crippen LogP contribution < -0.4 is 14.8 Å². The largest absolute Gasteiger partial charge is 0.496 e. The monoisotopic (exact) mass is 311 g/mol. The normalized spacial score (nSPS) is 10.6. The van der Waals surface area contributed by atoms with Crippen molar-refractivity contribution in [3.63, 3.8) is 0 Å². The minimum Gasteiger partial charge on any atom is -0.496 e. The lowest BCUT2D eigenvalue weighted by Crippen LogP contribution is -2.10. The molecule has 0 spiro atoms. The molecular weight excluding hydrogens is 290 g/mol. The molecule has 0 aliphatic rings. The molecule has 0 heterocycles. The first-order chi connectivity index (χ1) is 11.1. The smallest absolute Gasteiger partial charge is 0.248 e. The van der Waals surface area contributed by atoms with Gasteiger partial charge in [-0.2, -0.15) is 0 Å². The van der Waals surface area contributed by atoms with Crippen molar-refractivity contribution in [3.05, 3.63) is 59.2 Å². The quantitative estimate of drug-likeness (QED) is 0.850. The van der Waals surface area contributed by atoms with E-state index in [1.54, 1.807) is 20.3 Å². The van der Waals surface area contributed by atoms with E-state index in [1.165, 1.54) is 6.08 Å². The van der Waals surface area contributed by atoms with Gasteiger partial charge < -0.3 is 14.8 Å². The molecule has 4 nitrogen and oxygen atoms in total. The van der Waals surface area contributed by atoms with Crippen LogP contribution in [0.2, 0.25) is 0 Å². The molecule has 120 valence electrons. The van der Waals surface area contributed by atoms with Crippen molar-refractivity contribution in [2.75, 3.05) is 19.5 Å². The van der Waals surface area contributed by atoms with Gasteiger partial charge in [0.05, 0.1) is 19.8 Å². The lowest BCUT2D eigenvalue weighted by Gasteiger charge is -2.11. The lowest BCUT2D eigenvalue weighted by molar-refractivity contribution is -0.111. The lowest BCUT2D eigenvalue weighted by atomic mass is 10.1. The van der Waals surface area contributed by atoms with Gasteiger partial charge in [-0.15, -0.1) is 0 Å². The number of para-hydroxylation sites is 1. The number of carbonyl (C=O) groups excluding carboxylic acids is 1. The second-order valence-electron chi connectivity index (χ2n) is 5.17. The SMILES string of the molecule is COc1cccc(OC)c1/C=C/C(=O)Nc1c(C)cccc1C. The number of amides is 1. The van der Waals surface area contributed by atoms with Crippen LogP contribution in [0.5, 0.6) is 11.5 Å². The number of anilines is 1. The Labute approximate surface area is 136 Å². The summed E-state index contributed by atoms with van der Waals surface area (Å²) in [6.45, 7) is 3.94. The number of methoxy groups -OCH3 is 2. The van der Waals surface area contributed by atoms with Gasteiger partial charge in [-0.1, -0.05) is 24.3 Å². The Morgan fingerprint density at radius 1 is 0.957 bits per heavy atom. The summed E-state index contributed by atoms with van der Waals surface area (Å²) < 4.78 is 10.6. The van der Waals surface area contributed by atoms with Gasteiger partial charge in [0.25, 0.3) is 0 Å². The van der Waals surface area contributed by atoms with Crippen LogP contribution in [0.15, 0.2) is 42.5 Å². The molecule has 4 heteroatoms. The van der Waals surface area contributed by atoms with E-state index in [9.17, 15) is 4.79 Å². The Balaban J connectivity index is 2.22. The summed E-state index contributed by atoms with van der Waals surface area (Å²) in [5, 5.41) is 2.92. The van der Waals surface area contributed by atoms with E-state index in [4.69, 9.17) is 9.47 Å². The molecule has 1 amide bonds. The maximum atomic E-state index is 12.2. The van der Waals surface area contributed by atoms with Gasteiger partial charge in [-0.25, -0.2) is 0 Å². The highest BCUT2D eigenvalue weighted by atomic mass is 16.5. The molecule has 2 aromatic rings. The topological polar surface area (TPSA) is 47.6 Å². The standard InChI is InChI=1S/C19H21NO3/c1-13-7-5-8-14(2)19(13)20-18(21)12-11-15-16(22-3)9-6-10-17(15)23-4/h5-12H,1-4H3,(H,20,21)/b12-11+. The zero-order valence-corrected chi connectivity index (χ0v) is 13.8. The molecule has 23 heavy (non-hydrogen) atoms. The number of ether oxygens (including phenoxy) is 2. The predicted molar refractivity (Wildman–Crippen MR) is 93.1 cm³/mol. The maximum Gasteiger partial charge on any atom is 0.248 e. The molecule has 0 unspecified atom stereocenters. The third-order valence-electron chi connectivity index (χ3n) is 3.60. The molecule has 0 bridgehead atoms. The molecule has 2 aromatic carbocycles. The second kappa shape index (κ2) is 7.49. The van der Waals surface area contributed by atoms with Crippen LogP contribution in [0, 0.1) is 13.8 Å². The van der Waals surface area contributed by atoms with Gasteiger partial charge in [-0.3, -0.25) is 4.79 Å². The minimum atomic E-state index is -0.199. The third kappa shape index (κ3) is 3.92. The molecular formula is C19H21NO3. The summed E-state index contributed by atoms with van der Waals surface area (Å²) in [7, 11) is 3.17. The fourth-order valence-electron chi connectivity index (χ4n) is 2.38. The maximum absolute atomic E-state index is 12.2. The minimum absolute atomic E-state index is 0.199. The van der Waals surface area contributed by atoms with E-state index >= 15 is 0 Å². The summed E-state index contributed by atoms with van der Waals surface area (Å²) >= 11 is 0. The molecule has 0 saturated heterocycles. The van der Waals surface area contributed by atoms with Crippen LogP contribution in [0.3, 0.4) is 0 Å². The van der Waals surface area contributed by atoms with E-state index < -0.39 is 0 Å². The van der Waals surface area contributed by atoms with Gasteiger partial charge in [0.15, 0.2) is 0 Å². The van der Waals surface area contributed by atoms with Gasteiger partial charge in [0, 0.05) is 11.8 Å². The number of hydrogen-bond donors (Lipinski definition) is 1. The number of carbonyl (C=O) groups is 1. The number of benzene rings is 2. The summed E-state index contributed by atoms with van der Waals surface area (Å²) in [5.74, 6) is 1.11. The van der Waals surface area contributed by atoms with Crippen molar-refractivity contribution in [1.82, 2.24) is 0 Å². The molecule has 2 rings (SSSR count). The predicted octanol–water partition coefficient (Wildman–Crippen LogP) is 3.97. The Kier molecular flexibility index (Phi) is 5.41. The van der Waals surface area contributed by atoms with Crippen LogP contribution in [-0.4, -0.2) is 20.1 Å². The highest BCUT2D eigenvalue weighted by Gasteiger charge is 2.08. The van der Waals surface area contributed by atoms with Gasteiger partial charge in [-0.05, 0) is 43.2 Å². The molecule has 0 aromatic heterocycles. The van der Waals surface area contributed by atoms with Crippen molar-refractivity contribution in [2.24, 2.45) is 0 Å². The van der Waals surface area contributed by atoms with Crippen LogP contribution in [0.4, 0.5) is 5.69 Å². The van der Waals surface area contributed by atoms with E-state index in [1.807, 2.05) is 50.2 Å². The van der Waals surface area contributed by atoms with E-state index in [0.29, 0.717) is 11.5 Å². The highest BCUT2D eigenvalue weighted by molar-refractivity contribution is 6.03. The molecule has 0 aliphatic carbocycles. The van der Waals surface area contributed by atoms with Crippen molar-refractivity contribution in [3.8, 4) is 11.5 Å². The first-order valence-corrected chi connectivity index (χ1v) is 7.33. The summed E-state index contributed by atoms with van der Waals surface area (Å²) in [5.41, 5.74) is 3.63. The molecule has 0 radical (unpaired) electrons. The third-order valence-corrected chi connectivity index (χ3v) is 3.60. The van der Waals surface area contributed by atoms with E-state index in [0.717, 1.165) is 22.4 Å². The number of rotatable bonds is 5. The van der Waals surface area contributed by atoms with Crippen LogP contribution in [-0.2, 0) is 4.79 Å².